The number of halogens is 1. The van der Waals surface area contributed by atoms with Crippen LogP contribution in [0.15, 0.2) is 18.2 Å². The van der Waals surface area contributed by atoms with Gasteiger partial charge in [0.15, 0.2) is 5.82 Å². The molecule has 1 aromatic heterocycles. The third-order valence-corrected chi connectivity index (χ3v) is 4.13. The lowest BCUT2D eigenvalue weighted by Gasteiger charge is -2.18. The van der Waals surface area contributed by atoms with Crippen LogP contribution in [0.1, 0.15) is 43.8 Å². The first-order valence-corrected chi connectivity index (χ1v) is 7.42. The van der Waals surface area contributed by atoms with Gasteiger partial charge in [0.2, 0.25) is 0 Å². The largest absolute Gasteiger partial charge is 0.496 e. The molecule has 0 spiro atoms. The molecule has 0 radical (unpaired) electrons. The van der Waals surface area contributed by atoms with E-state index in [1.54, 1.807) is 13.2 Å². The Morgan fingerprint density at radius 1 is 1.25 bits per heavy atom. The van der Waals surface area contributed by atoms with Crippen molar-refractivity contribution >= 4 is 11.6 Å². The van der Waals surface area contributed by atoms with Crippen LogP contribution in [0.2, 0.25) is 5.02 Å². The van der Waals surface area contributed by atoms with Crippen LogP contribution in [0.5, 0.6) is 5.75 Å². The fraction of sp³-hybridized carbons (Fsp3) is 0.467. The Hall–Kier alpha value is -1.55. The fourth-order valence-corrected chi connectivity index (χ4v) is 2.97. The predicted octanol–water partition coefficient (Wildman–Crippen LogP) is 4.18. The fourth-order valence-electron chi connectivity index (χ4n) is 2.80. The SMILES string of the molecule is COc1cc(Cl)ccc1-c1n[nH]c(C2CCCCC2)n1. The summed E-state index contributed by atoms with van der Waals surface area (Å²) in [6.07, 6.45) is 6.30. The molecule has 0 bridgehead atoms. The van der Waals surface area contributed by atoms with Gasteiger partial charge in [0.1, 0.15) is 11.6 Å². The van der Waals surface area contributed by atoms with Crippen LogP contribution in [0.4, 0.5) is 0 Å². The number of benzene rings is 1. The molecular formula is C15H18ClN3O. The summed E-state index contributed by atoms with van der Waals surface area (Å²) in [7, 11) is 1.63. The van der Waals surface area contributed by atoms with E-state index in [0.29, 0.717) is 22.5 Å². The Bertz CT molecular complexity index is 591. The molecule has 2 aromatic rings. The summed E-state index contributed by atoms with van der Waals surface area (Å²) in [5.74, 6) is 2.89. The first-order valence-electron chi connectivity index (χ1n) is 7.04. The summed E-state index contributed by atoms with van der Waals surface area (Å²) in [5.41, 5.74) is 0.871. The molecule has 5 heteroatoms. The van der Waals surface area contributed by atoms with Gasteiger partial charge in [0.05, 0.1) is 12.7 Å². The standard InChI is InChI=1S/C15H18ClN3O/c1-20-13-9-11(16)7-8-12(13)15-17-14(18-19-15)10-5-3-2-4-6-10/h7-10H,2-6H2,1H3,(H,17,18,19). The number of aromatic amines is 1. The van der Waals surface area contributed by atoms with Gasteiger partial charge in [0, 0.05) is 10.9 Å². The first kappa shape index (κ1) is 13.4. The number of nitrogens with one attached hydrogen (secondary N) is 1. The number of H-pyrrole nitrogens is 1. The molecule has 0 aliphatic heterocycles. The van der Waals surface area contributed by atoms with Crippen molar-refractivity contribution in [1.29, 1.82) is 0 Å². The van der Waals surface area contributed by atoms with Gasteiger partial charge in [-0.1, -0.05) is 30.9 Å². The Morgan fingerprint density at radius 3 is 2.80 bits per heavy atom. The van der Waals surface area contributed by atoms with E-state index < -0.39 is 0 Å². The van der Waals surface area contributed by atoms with Crippen molar-refractivity contribution in [2.45, 2.75) is 38.0 Å². The second-order valence-electron chi connectivity index (χ2n) is 5.22. The van der Waals surface area contributed by atoms with Crippen LogP contribution in [0.25, 0.3) is 11.4 Å². The highest BCUT2D eigenvalue weighted by Gasteiger charge is 2.20. The summed E-state index contributed by atoms with van der Waals surface area (Å²) >= 11 is 5.98. The zero-order valence-electron chi connectivity index (χ0n) is 11.5. The van der Waals surface area contributed by atoms with Gasteiger partial charge < -0.3 is 4.74 Å². The molecule has 1 N–H and O–H groups in total. The van der Waals surface area contributed by atoms with Crippen molar-refractivity contribution in [3.63, 3.8) is 0 Å². The van der Waals surface area contributed by atoms with E-state index >= 15 is 0 Å². The van der Waals surface area contributed by atoms with E-state index in [-0.39, 0.29) is 0 Å². The molecule has 20 heavy (non-hydrogen) atoms. The van der Waals surface area contributed by atoms with Crippen molar-refractivity contribution in [3.8, 4) is 17.1 Å². The van der Waals surface area contributed by atoms with E-state index in [4.69, 9.17) is 16.3 Å². The predicted molar refractivity (Wildman–Crippen MR) is 79.2 cm³/mol. The van der Waals surface area contributed by atoms with Crippen molar-refractivity contribution in [3.05, 3.63) is 29.0 Å². The molecule has 1 aliphatic carbocycles. The number of rotatable bonds is 3. The summed E-state index contributed by atoms with van der Waals surface area (Å²) < 4.78 is 5.36. The van der Waals surface area contributed by atoms with Crippen molar-refractivity contribution in [2.75, 3.05) is 7.11 Å². The van der Waals surface area contributed by atoms with Gasteiger partial charge in [0.25, 0.3) is 0 Å². The second-order valence-corrected chi connectivity index (χ2v) is 5.66. The smallest absolute Gasteiger partial charge is 0.184 e. The maximum atomic E-state index is 5.98. The lowest BCUT2D eigenvalue weighted by atomic mass is 9.89. The maximum absolute atomic E-state index is 5.98. The van der Waals surface area contributed by atoms with E-state index in [1.165, 1.54) is 32.1 Å². The number of methoxy groups -OCH3 is 1. The highest BCUT2D eigenvalue weighted by Crippen LogP contribution is 2.34. The summed E-state index contributed by atoms with van der Waals surface area (Å²) in [5, 5.41) is 8.08. The van der Waals surface area contributed by atoms with Gasteiger partial charge in [-0.05, 0) is 31.0 Å². The average Bonchev–Trinajstić information content (AvgIpc) is 2.97. The first-order chi connectivity index (χ1) is 9.78. The van der Waals surface area contributed by atoms with Crippen LogP contribution in [-0.4, -0.2) is 22.3 Å². The molecule has 106 valence electrons. The van der Waals surface area contributed by atoms with E-state index in [2.05, 4.69) is 15.2 Å². The van der Waals surface area contributed by atoms with Crippen LogP contribution < -0.4 is 4.74 Å². The van der Waals surface area contributed by atoms with Crippen LogP contribution >= 0.6 is 11.6 Å². The molecule has 0 saturated heterocycles. The van der Waals surface area contributed by atoms with Crippen molar-refractivity contribution in [1.82, 2.24) is 15.2 Å². The maximum Gasteiger partial charge on any atom is 0.184 e. The van der Waals surface area contributed by atoms with Gasteiger partial charge in [-0.2, -0.15) is 5.10 Å². The summed E-state index contributed by atoms with van der Waals surface area (Å²) in [6.45, 7) is 0. The molecule has 0 atom stereocenters. The number of nitrogens with zero attached hydrogens (tertiary/aromatic N) is 2. The number of ether oxygens (including phenoxy) is 1. The lowest BCUT2D eigenvalue weighted by Crippen LogP contribution is -2.06. The van der Waals surface area contributed by atoms with Gasteiger partial charge >= 0.3 is 0 Å². The van der Waals surface area contributed by atoms with Crippen LogP contribution in [0, 0.1) is 0 Å². The van der Waals surface area contributed by atoms with Crippen molar-refractivity contribution in [2.24, 2.45) is 0 Å². The van der Waals surface area contributed by atoms with Crippen molar-refractivity contribution < 1.29 is 4.74 Å². The van der Waals surface area contributed by atoms with E-state index in [0.717, 1.165) is 11.4 Å². The molecule has 1 aromatic carbocycles. The lowest BCUT2D eigenvalue weighted by molar-refractivity contribution is 0.416. The van der Waals surface area contributed by atoms with Gasteiger partial charge in [-0.3, -0.25) is 5.10 Å². The normalized spacial score (nSPS) is 16.3. The molecule has 1 aliphatic rings. The molecule has 3 rings (SSSR count). The number of hydrogen-bond acceptors (Lipinski definition) is 3. The molecule has 1 fully saturated rings. The quantitative estimate of drug-likeness (QED) is 0.923. The van der Waals surface area contributed by atoms with Gasteiger partial charge in [-0.25, -0.2) is 4.98 Å². The zero-order chi connectivity index (χ0) is 13.9. The highest BCUT2D eigenvalue weighted by atomic mass is 35.5. The molecule has 1 saturated carbocycles. The second kappa shape index (κ2) is 5.83. The molecule has 0 amide bonds. The minimum absolute atomic E-state index is 0.517. The Kier molecular flexibility index (Phi) is 3.92. The monoisotopic (exact) mass is 291 g/mol. The van der Waals surface area contributed by atoms with Gasteiger partial charge in [-0.15, -0.1) is 0 Å². The average molecular weight is 292 g/mol. The third kappa shape index (κ3) is 2.66. The minimum atomic E-state index is 0.517. The van der Waals surface area contributed by atoms with Crippen LogP contribution in [-0.2, 0) is 0 Å². The van der Waals surface area contributed by atoms with E-state index in [1.807, 2.05) is 12.1 Å². The van der Waals surface area contributed by atoms with Crippen LogP contribution in [0.3, 0.4) is 0 Å². The number of aromatic nitrogens is 3. The Balaban J connectivity index is 1.89. The summed E-state index contributed by atoms with van der Waals surface area (Å²) in [6, 6.07) is 5.51. The summed E-state index contributed by atoms with van der Waals surface area (Å²) in [4.78, 5) is 4.65. The Labute approximate surface area is 123 Å². The molecule has 4 nitrogen and oxygen atoms in total. The van der Waals surface area contributed by atoms with E-state index in [9.17, 15) is 0 Å². The zero-order valence-corrected chi connectivity index (χ0v) is 12.3. The Morgan fingerprint density at radius 2 is 2.05 bits per heavy atom. The molecule has 1 heterocycles. The minimum Gasteiger partial charge on any atom is -0.496 e. The molecular weight excluding hydrogens is 274 g/mol. The number of hydrogen-bond donors (Lipinski definition) is 1. The highest BCUT2D eigenvalue weighted by molar-refractivity contribution is 6.30. The topological polar surface area (TPSA) is 50.8 Å². The third-order valence-electron chi connectivity index (χ3n) is 3.90. The molecule has 0 unspecified atom stereocenters.